The Morgan fingerprint density at radius 1 is 1.47 bits per heavy atom. The molecule has 0 fully saturated rings. The monoisotopic (exact) mass is 267 g/mol. The summed E-state index contributed by atoms with van der Waals surface area (Å²) < 4.78 is 15.2. The molecule has 1 unspecified atom stereocenters. The number of carbonyl (C=O) groups excluding carboxylic acids is 1. The van der Waals surface area contributed by atoms with E-state index in [-0.39, 0.29) is 19.3 Å². The number of hydrogen-bond acceptors (Lipinski definition) is 5. The molecule has 2 rings (SSSR count). The third-order valence-corrected chi connectivity index (χ3v) is 2.76. The molecule has 19 heavy (non-hydrogen) atoms. The number of carbonyl (C=O) groups is 1. The summed E-state index contributed by atoms with van der Waals surface area (Å²) in [5.41, 5.74) is 0.505. The van der Waals surface area contributed by atoms with E-state index in [2.05, 4.69) is 5.32 Å². The molecule has 104 valence electrons. The minimum absolute atomic E-state index is 0.184. The molecular formula is C13H17NO5. The van der Waals surface area contributed by atoms with Gasteiger partial charge in [0.1, 0.15) is 0 Å². The molecule has 1 heterocycles. The average molecular weight is 267 g/mol. The molecular weight excluding hydrogens is 250 g/mol. The van der Waals surface area contributed by atoms with Crippen molar-refractivity contribution in [1.82, 2.24) is 5.32 Å². The molecule has 0 spiro atoms. The van der Waals surface area contributed by atoms with E-state index in [1.54, 1.807) is 18.2 Å². The normalized spacial score (nSPS) is 14.2. The molecule has 6 nitrogen and oxygen atoms in total. The summed E-state index contributed by atoms with van der Waals surface area (Å²) >= 11 is 0. The van der Waals surface area contributed by atoms with Crippen molar-refractivity contribution >= 4 is 5.91 Å². The Balaban J connectivity index is 1.83. The first-order valence-electron chi connectivity index (χ1n) is 6.05. The van der Waals surface area contributed by atoms with Gasteiger partial charge in [0.05, 0.1) is 12.7 Å². The molecule has 6 heteroatoms. The van der Waals surface area contributed by atoms with Crippen molar-refractivity contribution in [3.05, 3.63) is 23.8 Å². The smallest absolute Gasteiger partial charge is 0.251 e. The van der Waals surface area contributed by atoms with Crippen molar-refractivity contribution in [3.63, 3.8) is 0 Å². The third-order valence-electron chi connectivity index (χ3n) is 2.76. The van der Waals surface area contributed by atoms with Crippen molar-refractivity contribution < 1.29 is 24.1 Å². The Labute approximate surface area is 111 Å². The summed E-state index contributed by atoms with van der Waals surface area (Å²) in [6.45, 7) is 0.835. The van der Waals surface area contributed by atoms with E-state index in [4.69, 9.17) is 14.2 Å². The summed E-state index contributed by atoms with van der Waals surface area (Å²) in [7, 11) is 1.52. The quantitative estimate of drug-likeness (QED) is 0.786. The van der Waals surface area contributed by atoms with Crippen LogP contribution in [0.2, 0.25) is 0 Å². The standard InChI is InChI=1S/C13H17NO5/c1-17-7-10(15)4-5-14-13(16)9-2-3-11-12(6-9)19-8-18-11/h2-3,6,10,15H,4-5,7-8H2,1H3,(H,14,16). The van der Waals surface area contributed by atoms with E-state index in [0.29, 0.717) is 30.0 Å². The fraction of sp³-hybridized carbons (Fsp3) is 0.462. The molecule has 1 aromatic rings. The van der Waals surface area contributed by atoms with E-state index < -0.39 is 6.10 Å². The Morgan fingerprint density at radius 3 is 3.05 bits per heavy atom. The molecule has 0 saturated carbocycles. The van der Waals surface area contributed by atoms with Crippen LogP contribution in [-0.4, -0.2) is 44.2 Å². The fourth-order valence-corrected chi connectivity index (χ4v) is 1.77. The molecule has 1 aromatic carbocycles. The number of aliphatic hydroxyl groups excluding tert-OH is 1. The lowest BCUT2D eigenvalue weighted by Gasteiger charge is -2.10. The van der Waals surface area contributed by atoms with Crippen LogP contribution >= 0.6 is 0 Å². The topological polar surface area (TPSA) is 77.0 Å². The van der Waals surface area contributed by atoms with E-state index in [1.807, 2.05) is 0 Å². The van der Waals surface area contributed by atoms with Gasteiger partial charge in [-0.1, -0.05) is 0 Å². The molecule has 1 atom stereocenters. The summed E-state index contributed by atoms with van der Waals surface area (Å²) in [4.78, 5) is 11.9. The highest BCUT2D eigenvalue weighted by Gasteiger charge is 2.16. The molecule has 2 N–H and O–H groups in total. The number of fused-ring (bicyclic) bond motifs is 1. The zero-order chi connectivity index (χ0) is 13.7. The number of rotatable bonds is 6. The predicted octanol–water partition coefficient (Wildman–Crippen LogP) is 0.542. The summed E-state index contributed by atoms with van der Waals surface area (Å²) in [5, 5.41) is 12.2. The number of amides is 1. The van der Waals surface area contributed by atoms with Gasteiger partial charge in [-0.05, 0) is 24.6 Å². The Bertz CT molecular complexity index is 449. The van der Waals surface area contributed by atoms with Crippen LogP contribution in [-0.2, 0) is 4.74 Å². The second-order valence-electron chi connectivity index (χ2n) is 4.22. The van der Waals surface area contributed by atoms with Gasteiger partial charge < -0.3 is 24.6 Å². The number of nitrogens with one attached hydrogen (secondary N) is 1. The first-order valence-corrected chi connectivity index (χ1v) is 6.05. The van der Waals surface area contributed by atoms with Crippen molar-refractivity contribution in [1.29, 1.82) is 0 Å². The minimum atomic E-state index is -0.568. The molecule has 0 radical (unpaired) electrons. The highest BCUT2D eigenvalue weighted by Crippen LogP contribution is 2.32. The first-order chi connectivity index (χ1) is 9.20. The van der Waals surface area contributed by atoms with Crippen molar-refractivity contribution in [2.45, 2.75) is 12.5 Å². The van der Waals surface area contributed by atoms with E-state index in [0.717, 1.165) is 0 Å². The lowest BCUT2D eigenvalue weighted by Crippen LogP contribution is -2.28. The van der Waals surface area contributed by atoms with Gasteiger partial charge in [-0.25, -0.2) is 0 Å². The lowest BCUT2D eigenvalue weighted by atomic mass is 10.2. The van der Waals surface area contributed by atoms with Gasteiger partial charge >= 0.3 is 0 Å². The summed E-state index contributed by atoms with van der Waals surface area (Å²) in [5.74, 6) is 1.02. The lowest BCUT2D eigenvalue weighted by molar-refractivity contribution is 0.0587. The second-order valence-corrected chi connectivity index (χ2v) is 4.22. The van der Waals surface area contributed by atoms with Gasteiger partial charge in [0.25, 0.3) is 5.91 Å². The van der Waals surface area contributed by atoms with E-state index in [1.165, 1.54) is 7.11 Å². The Hall–Kier alpha value is -1.79. The molecule has 0 aromatic heterocycles. The molecule has 0 saturated heterocycles. The average Bonchev–Trinajstić information content (AvgIpc) is 2.86. The Kier molecular flexibility index (Phi) is 4.59. The second kappa shape index (κ2) is 6.40. The zero-order valence-corrected chi connectivity index (χ0v) is 10.7. The van der Waals surface area contributed by atoms with Crippen molar-refractivity contribution in [2.75, 3.05) is 27.1 Å². The van der Waals surface area contributed by atoms with Gasteiger partial charge in [-0.15, -0.1) is 0 Å². The van der Waals surface area contributed by atoms with Crippen molar-refractivity contribution in [3.8, 4) is 11.5 Å². The van der Waals surface area contributed by atoms with Crippen LogP contribution in [0.15, 0.2) is 18.2 Å². The van der Waals surface area contributed by atoms with Crippen LogP contribution in [0, 0.1) is 0 Å². The fourth-order valence-electron chi connectivity index (χ4n) is 1.77. The maximum Gasteiger partial charge on any atom is 0.251 e. The van der Waals surface area contributed by atoms with Crippen LogP contribution in [0.4, 0.5) is 0 Å². The molecule has 0 bridgehead atoms. The largest absolute Gasteiger partial charge is 0.454 e. The highest BCUT2D eigenvalue weighted by atomic mass is 16.7. The van der Waals surface area contributed by atoms with Crippen molar-refractivity contribution in [2.24, 2.45) is 0 Å². The summed E-state index contributed by atoms with van der Waals surface area (Å²) in [6.07, 6.45) is -0.119. The molecule has 0 aliphatic carbocycles. The van der Waals surface area contributed by atoms with Crippen LogP contribution < -0.4 is 14.8 Å². The third kappa shape index (κ3) is 3.59. The number of hydrogen-bond donors (Lipinski definition) is 2. The maximum absolute atomic E-state index is 11.9. The first kappa shape index (κ1) is 13.6. The molecule has 1 amide bonds. The van der Waals surface area contributed by atoms with Gasteiger partial charge in [0.2, 0.25) is 6.79 Å². The minimum Gasteiger partial charge on any atom is -0.454 e. The number of ether oxygens (including phenoxy) is 3. The van der Waals surface area contributed by atoms with Gasteiger partial charge in [-0.3, -0.25) is 4.79 Å². The number of methoxy groups -OCH3 is 1. The SMILES string of the molecule is COCC(O)CCNC(=O)c1ccc2c(c1)OCO2. The molecule has 1 aliphatic rings. The van der Waals surface area contributed by atoms with Gasteiger partial charge in [0.15, 0.2) is 11.5 Å². The highest BCUT2D eigenvalue weighted by molar-refractivity contribution is 5.94. The van der Waals surface area contributed by atoms with Crippen LogP contribution in [0.1, 0.15) is 16.8 Å². The van der Waals surface area contributed by atoms with Crippen LogP contribution in [0.3, 0.4) is 0 Å². The zero-order valence-electron chi connectivity index (χ0n) is 10.7. The predicted molar refractivity (Wildman–Crippen MR) is 67.4 cm³/mol. The van der Waals surface area contributed by atoms with Gasteiger partial charge in [0, 0.05) is 19.2 Å². The Morgan fingerprint density at radius 2 is 2.26 bits per heavy atom. The number of aliphatic hydroxyl groups is 1. The maximum atomic E-state index is 11.9. The van der Waals surface area contributed by atoms with Gasteiger partial charge in [-0.2, -0.15) is 0 Å². The van der Waals surface area contributed by atoms with E-state index in [9.17, 15) is 9.90 Å². The number of benzene rings is 1. The van der Waals surface area contributed by atoms with Crippen LogP contribution in [0.25, 0.3) is 0 Å². The van der Waals surface area contributed by atoms with E-state index >= 15 is 0 Å². The van der Waals surface area contributed by atoms with Crippen LogP contribution in [0.5, 0.6) is 11.5 Å². The summed E-state index contributed by atoms with van der Waals surface area (Å²) in [6, 6.07) is 5.02. The molecule has 1 aliphatic heterocycles.